The summed E-state index contributed by atoms with van der Waals surface area (Å²) in [4.78, 5) is 100. The maximum atomic E-state index is 12.1. The van der Waals surface area contributed by atoms with Gasteiger partial charge in [-0.3, -0.25) is 43.3 Å². The monoisotopic (exact) mass is 1500 g/mol. The third-order valence-electron chi connectivity index (χ3n) is 23.2. The van der Waals surface area contributed by atoms with Gasteiger partial charge < -0.3 is 42.0 Å². The molecule has 2 saturated carbocycles. The van der Waals surface area contributed by atoms with Crippen LogP contribution in [0, 0.1) is 39.5 Å². The van der Waals surface area contributed by atoms with Crippen LogP contribution in [-0.2, 0) is 121 Å². The molecule has 4 aromatic carbocycles. The lowest BCUT2D eigenvalue weighted by molar-refractivity contribution is -0.119. The number of Topliss-reactive ketones (excluding diaryl/α,β-unsaturated/α-hetero) is 4. The Kier molecular flexibility index (Phi) is 25.5. The van der Waals surface area contributed by atoms with Crippen LogP contribution in [0.1, 0.15) is 174 Å². The average Bonchev–Trinajstić information content (AvgIpc) is 0.926. The molecule has 0 N–H and O–H groups in total. The van der Waals surface area contributed by atoms with Crippen LogP contribution in [0.25, 0.3) is 44.5 Å². The van der Waals surface area contributed by atoms with Crippen LogP contribution in [0.4, 0.5) is 0 Å². The second-order valence-electron chi connectivity index (χ2n) is 31.8. The number of ketones is 4. The number of pyridine rings is 5. The molecule has 6 aliphatic carbocycles. The number of aromatic nitrogens is 5. The minimum Gasteiger partial charge on any atom is -0.493 e. The summed E-state index contributed by atoms with van der Waals surface area (Å²) < 4.78 is 36.9. The number of rotatable bonds is 16. The number of ether oxygens (including phenoxy) is 5. The Labute approximate surface area is 650 Å². The van der Waals surface area contributed by atoms with Crippen molar-refractivity contribution in [2.75, 3.05) is 26.4 Å². The molecule has 18 nitrogen and oxygen atoms in total. The van der Waals surface area contributed by atoms with E-state index in [0.717, 1.165) is 189 Å². The largest absolute Gasteiger partial charge is 0.493 e. The molecule has 5 aromatic heterocycles. The van der Waals surface area contributed by atoms with Gasteiger partial charge in [0.2, 0.25) is 0 Å². The van der Waals surface area contributed by atoms with Gasteiger partial charge in [0.1, 0.15) is 47.0 Å². The van der Waals surface area contributed by atoms with Gasteiger partial charge in [0, 0.05) is 169 Å². The zero-order valence-electron chi connectivity index (χ0n) is 65.8. The van der Waals surface area contributed by atoms with E-state index < -0.39 is 0 Å². The van der Waals surface area contributed by atoms with Crippen molar-refractivity contribution < 1.29 is 42.9 Å². The molecule has 1 aliphatic heterocycles. The standard InChI is InChI=1S/C24H29NO3.C23H22N2O3.C23H27NO4.C23H27NO3/c1-16-10-20(14-25(2)24(16)27)19-11-18-8-9-21(26)13-22(18)23(12-19)28-15-17-6-4-3-5-7-17;1-15-9-19(13-25(2)23(15)27)18-10-17-3-4-20(26)12-21(17)22(11-18)28-14-16-5-7-24-8-6-16;1-15-9-19(13-24(2)23(15)26)18-10-17-3-4-20(25)12-21(17)22(11-18)28-14-16-5-7-27-8-6-16;1-15-9-18(13-24(2)23(15)26)22-12-16-7-8-20(25)11-17(16)10-19(22)14-27-21-5-3-4-6-21/h10-12,14,17H,3-9,13,15H2,1-2H3;5-11,13H,3-4,12,14H2,1-2H3;9-11,13,16H,3-8,12,14H2,1-2H3;9-10,12-13,21H,3-8,11,14H2,1-2H3. The van der Waals surface area contributed by atoms with Crippen molar-refractivity contribution in [3.05, 3.63) is 241 Å². The SMILES string of the molecule is Cc1cc(-c2cc3c(c(OCC4CCCCC4)c2)CC(=O)CC3)cn(C)c1=O.Cc1cc(-c2cc3c(c(OCC4CCOCC4)c2)CC(=O)CC3)cn(C)c1=O.Cc1cc(-c2cc3c(c(OCc4ccncc4)c2)CC(=O)CC3)cn(C)c1=O.Cc1cc(-c2cc3c(cc2COC2CCCC2)CC(=O)CC3)cn(C)c1=O. The lowest BCUT2D eigenvalue weighted by Crippen LogP contribution is -2.22. The summed E-state index contributed by atoms with van der Waals surface area (Å²) in [6.45, 7) is 11.3. The number of fused-ring (bicyclic) bond motifs is 4. The second kappa shape index (κ2) is 35.9. The van der Waals surface area contributed by atoms with Crippen LogP contribution in [0.5, 0.6) is 17.2 Å². The highest BCUT2D eigenvalue weighted by molar-refractivity contribution is 5.88. The molecule has 7 aliphatic rings. The van der Waals surface area contributed by atoms with Crippen molar-refractivity contribution in [2.45, 2.75) is 195 Å². The van der Waals surface area contributed by atoms with Gasteiger partial charge in [-0.1, -0.05) is 62.4 Å². The van der Waals surface area contributed by atoms with Gasteiger partial charge in [-0.15, -0.1) is 0 Å². The van der Waals surface area contributed by atoms with E-state index >= 15 is 0 Å². The second-order valence-corrected chi connectivity index (χ2v) is 31.8. The van der Waals surface area contributed by atoms with E-state index in [1.165, 1.54) is 61.6 Å². The fraction of sp³-hybridized carbons (Fsp3) is 0.430. The van der Waals surface area contributed by atoms with Crippen LogP contribution in [0.2, 0.25) is 0 Å². The quantitative estimate of drug-likeness (QED) is 0.0880. The Morgan fingerprint density at radius 2 is 0.766 bits per heavy atom. The normalized spacial score (nSPS) is 16.4. The molecule has 0 atom stereocenters. The van der Waals surface area contributed by atoms with Gasteiger partial charge in [0.15, 0.2) is 0 Å². The number of carbonyl (C=O) groups excluding carboxylic acids is 4. The van der Waals surface area contributed by atoms with Crippen molar-refractivity contribution in [1.29, 1.82) is 0 Å². The van der Waals surface area contributed by atoms with Gasteiger partial charge >= 0.3 is 0 Å². The molecule has 18 heteroatoms. The zero-order chi connectivity index (χ0) is 78.0. The first kappa shape index (κ1) is 78.9. The molecule has 1 saturated heterocycles. The Morgan fingerprint density at radius 3 is 1.21 bits per heavy atom. The third-order valence-corrected chi connectivity index (χ3v) is 23.2. The zero-order valence-corrected chi connectivity index (χ0v) is 65.8. The molecule has 16 rings (SSSR count). The molecule has 6 heterocycles. The first-order chi connectivity index (χ1) is 53.5. The van der Waals surface area contributed by atoms with Gasteiger partial charge in [0.25, 0.3) is 22.2 Å². The lowest BCUT2D eigenvalue weighted by Gasteiger charge is -2.25. The minimum absolute atomic E-state index is 0.00136. The van der Waals surface area contributed by atoms with E-state index in [0.29, 0.717) is 106 Å². The highest BCUT2D eigenvalue weighted by Crippen LogP contribution is 2.40. The summed E-state index contributed by atoms with van der Waals surface area (Å²) in [5, 5.41) is 0. The van der Waals surface area contributed by atoms with Gasteiger partial charge in [-0.25, -0.2) is 0 Å². The Hall–Kier alpha value is -10.2. The molecule has 111 heavy (non-hydrogen) atoms. The number of hydrogen-bond acceptors (Lipinski definition) is 14. The molecule has 0 bridgehead atoms. The smallest absolute Gasteiger partial charge is 0.253 e. The summed E-state index contributed by atoms with van der Waals surface area (Å²) in [6.07, 6.45) is 31.8. The molecule has 580 valence electrons. The average molecular weight is 1500 g/mol. The van der Waals surface area contributed by atoms with Crippen molar-refractivity contribution in [2.24, 2.45) is 40.0 Å². The van der Waals surface area contributed by atoms with Crippen molar-refractivity contribution in [3.63, 3.8) is 0 Å². The number of hydrogen-bond donors (Lipinski definition) is 0. The maximum Gasteiger partial charge on any atom is 0.253 e. The predicted octanol–water partition coefficient (Wildman–Crippen LogP) is 14.9. The summed E-state index contributed by atoms with van der Waals surface area (Å²) >= 11 is 0. The van der Waals surface area contributed by atoms with Gasteiger partial charge in [0.05, 0.1) is 25.9 Å². The van der Waals surface area contributed by atoms with E-state index in [1.807, 2.05) is 101 Å². The van der Waals surface area contributed by atoms with Crippen LogP contribution in [-0.4, -0.2) is 78.9 Å². The first-order valence-electron chi connectivity index (χ1n) is 39.9. The Bertz CT molecular complexity index is 4970. The van der Waals surface area contributed by atoms with E-state index in [1.54, 1.807) is 58.9 Å². The van der Waals surface area contributed by atoms with Crippen molar-refractivity contribution in [3.8, 4) is 61.8 Å². The molecular weight excluding hydrogens is 1400 g/mol. The number of aryl methyl sites for hydroxylation is 12. The highest BCUT2D eigenvalue weighted by atomic mass is 16.5. The lowest BCUT2D eigenvalue weighted by atomic mass is 9.86. The summed E-state index contributed by atoms with van der Waals surface area (Å²) in [5.74, 6) is 4.65. The molecule has 0 amide bonds. The van der Waals surface area contributed by atoms with Crippen LogP contribution < -0.4 is 36.4 Å². The van der Waals surface area contributed by atoms with Crippen molar-refractivity contribution in [1.82, 2.24) is 23.3 Å². The summed E-state index contributed by atoms with van der Waals surface area (Å²) in [5.41, 5.74) is 22.4. The summed E-state index contributed by atoms with van der Waals surface area (Å²) in [7, 11) is 7.12. The van der Waals surface area contributed by atoms with E-state index in [2.05, 4.69) is 41.4 Å². The van der Waals surface area contributed by atoms with E-state index in [-0.39, 0.29) is 33.8 Å². The topological polar surface area (TPSA) is 215 Å². The molecular formula is C93H105N5O13. The number of benzene rings is 4. The molecule has 3 fully saturated rings. The first-order valence-corrected chi connectivity index (χ1v) is 39.9. The predicted molar refractivity (Wildman–Crippen MR) is 432 cm³/mol. The number of carbonyl (C=O) groups is 4. The number of nitrogens with zero attached hydrogens (tertiary/aromatic N) is 5. The van der Waals surface area contributed by atoms with Gasteiger partial charge in [-0.05, 0) is 242 Å². The fourth-order valence-corrected chi connectivity index (χ4v) is 16.8. The van der Waals surface area contributed by atoms with E-state index in [4.69, 9.17) is 23.7 Å². The molecule has 0 unspecified atom stereocenters. The van der Waals surface area contributed by atoms with E-state index in [9.17, 15) is 38.4 Å². The van der Waals surface area contributed by atoms with Crippen LogP contribution in [0.3, 0.4) is 0 Å². The Morgan fingerprint density at radius 1 is 0.378 bits per heavy atom. The highest BCUT2D eigenvalue weighted by Gasteiger charge is 2.28. The molecule has 9 aromatic rings. The van der Waals surface area contributed by atoms with Crippen LogP contribution in [0.15, 0.2) is 141 Å². The summed E-state index contributed by atoms with van der Waals surface area (Å²) in [6, 6.07) is 28.5. The Balaban J connectivity index is 0.000000130. The van der Waals surface area contributed by atoms with Crippen molar-refractivity contribution >= 4 is 23.1 Å². The minimum atomic E-state index is 0.00136. The molecule has 0 spiro atoms. The fourth-order valence-electron chi connectivity index (χ4n) is 16.8. The maximum absolute atomic E-state index is 12.1. The van der Waals surface area contributed by atoms with Crippen LogP contribution >= 0.6 is 0 Å². The van der Waals surface area contributed by atoms with Gasteiger partial charge in [-0.2, -0.15) is 0 Å². The third kappa shape index (κ3) is 19.6. The molecule has 0 radical (unpaired) electrons.